The van der Waals surface area contributed by atoms with E-state index in [-0.39, 0.29) is 18.4 Å². The molecule has 6 heteroatoms. The van der Waals surface area contributed by atoms with Crippen LogP contribution in [0, 0.1) is 5.92 Å². The molecule has 0 aromatic carbocycles. The molecule has 2 unspecified atom stereocenters. The van der Waals surface area contributed by atoms with Crippen LogP contribution < -0.4 is 0 Å². The number of carbonyl (C=O) groups excluding carboxylic acids is 1. The molecular formula is C19H35NO5. The van der Waals surface area contributed by atoms with Gasteiger partial charge >= 0.3 is 12.1 Å². The molecule has 0 spiro atoms. The molecule has 0 bridgehead atoms. The predicted molar refractivity (Wildman–Crippen MR) is 96.4 cm³/mol. The Morgan fingerprint density at radius 2 is 1.72 bits per heavy atom. The van der Waals surface area contributed by atoms with Crippen LogP contribution in [0.3, 0.4) is 0 Å². The maximum absolute atomic E-state index is 12.9. The number of hydrogen-bond donors (Lipinski definition) is 2. The molecule has 1 rings (SSSR count). The smallest absolute Gasteiger partial charge is 0.410 e. The monoisotopic (exact) mass is 357 g/mol. The van der Waals surface area contributed by atoms with Gasteiger partial charge in [0.2, 0.25) is 0 Å². The Bertz CT molecular complexity index is 438. The highest BCUT2D eigenvalue weighted by atomic mass is 16.6. The summed E-state index contributed by atoms with van der Waals surface area (Å²) in [6, 6.07) is -0.551. The number of carboxylic acid groups (broad SMARTS) is 1. The van der Waals surface area contributed by atoms with Crippen LogP contribution in [0.2, 0.25) is 0 Å². The summed E-state index contributed by atoms with van der Waals surface area (Å²) in [5, 5.41) is 19.6. The number of aliphatic hydroxyl groups is 1. The van der Waals surface area contributed by atoms with Crippen LogP contribution in [0.15, 0.2) is 0 Å². The molecule has 0 heterocycles. The molecule has 25 heavy (non-hydrogen) atoms. The van der Waals surface area contributed by atoms with Crippen LogP contribution in [0.5, 0.6) is 0 Å². The van der Waals surface area contributed by atoms with Gasteiger partial charge in [0.1, 0.15) is 5.60 Å². The first-order chi connectivity index (χ1) is 11.5. The largest absolute Gasteiger partial charge is 0.481 e. The minimum Gasteiger partial charge on any atom is -0.481 e. The average molecular weight is 357 g/mol. The second-order valence-corrected chi connectivity index (χ2v) is 8.54. The summed E-state index contributed by atoms with van der Waals surface area (Å²) < 4.78 is 5.60. The van der Waals surface area contributed by atoms with E-state index >= 15 is 0 Å². The normalized spacial score (nSPS) is 18.7. The van der Waals surface area contributed by atoms with Gasteiger partial charge < -0.3 is 14.9 Å². The number of hydrogen-bond acceptors (Lipinski definition) is 4. The van der Waals surface area contributed by atoms with Crippen molar-refractivity contribution in [3.63, 3.8) is 0 Å². The third-order valence-corrected chi connectivity index (χ3v) is 4.47. The van der Waals surface area contributed by atoms with Crippen molar-refractivity contribution < 1.29 is 24.5 Å². The maximum Gasteiger partial charge on any atom is 0.410 e. The van der Waals surface area contributed by atoms with Gasteiger partial charge in [0.25, 0.3) is 0 Å². The van der Waals surface area contributed by atoms with E-state index < -0.39 is 29.8 Å². The third-order valence-electron chi connectivity index (χ3n) is 4.47. The first-order valence-corrected chi connectivity index (χ1v) is 9.42. The molecule has 1 fully saturated rings. The van der Waals surface area contributed by atoms with Crippen molar-refractivity contribution in [3.8, 4) is 0 Å². The number of carbonyl (C=O) groups is 2. The van der Waals surface area contributed by atoms with Gasteiger partial charge in [0, 0.05) is 6.04 Å². The average Bonchev–Trinajstić information content (AvgIpc) is 2.44. The molecule has 0 aromatic heterocycles. The SMILES string of the molecule is CC(C)CC(C(O)CC(=O)O)N(C(=O)OC(C)(C)C)C1CCCCC1. The second kappa shape index (κ2) is 9.41. The number of carboxylic acids is 1. The number of rotatable bonds is 7. The van der Waals surface area contributed by atoms with Crippen molar-refractivity contribution in [2.75, 3.05) is 0 Å². The fraction of sp³-hybridized carbons (Fsp3) is 0.895. The molecule has 1 amide bonds. The molecular weight excluding hydrogens is 322 g/mol. The van der Waals surface area contributed by atoms with Crippen LogP contribution in [-0.4, -0.2) is 51.0 Å². The van der Waals surface area contributed by atoms with Gasteiger partial charge in [-0.15, -0.1) is 0 Å². The summed E-state index contributed by atoms with van der Waals surface area (Å²) in [6.45, 7) is 9.46. The molecule has 1 aliphatic rings. The van der Waals surface area contributed by atoms with Crippen molar-refractivity contribution >= 4 is 12.1 Å². The van der Waals surface area contributed by atoms with Gasteiger partial charge in [-0.2, -0.15) is 0 Å². The number of ether oxygens (including phenoxy) is 1. The molecule has 1 aliphatic carbocycles. The molecule has 0 aliphatic heterocycles. The van der Waals surface area contributed by atoms with Crippen molar-refractivity contribution in [1.82, 2.24) is 4.90 Å². The van der Waals surface area contributed by atoms with E-state index in [1.807, 2.05) is 34.6 Å². The molecule has 0 aromatic rings. The van der Waals surface area contributed by atoms with Crippen LogP contribution in [0.4, 0.5) is 4.79 Å². The van der Waals surface area contributed by atoms with Crippen molar-refractivity contribution in [1.29, 1.82) is 0 Å². The highest BCUT2D eigenvalue weighted by Gasteiger charge is 2.38. The topological polar surface area (TPSA) is 87.1 Å². The number of aliphatic carboxylic acids is 1. The Kier molecular flexibility index (Phi) is 8.19. The fourth-order valence-corrected chi connectivity index (χ4v) is 3.48. The standard InChI is InChI=1S/C19H35NO5/c1-13(2)11-15(16(21)12-17(22)23)20(14-9-7-6-8-10-14)18(24)25-19(3,4)5/h13-16,21H,6-12H2,1-5H3,(H,22,23). The summed E-state index contributed by atoms with van der Waals surface area (Å²) in [7, 11) is 0. The van der Waals surface area contributed by atoms with Gasteiger partial charge in [0.05, 0.1) is 18.6 Å². The highest BCUT2D eigenvalue weighted by molar-refractivity contribution is 5.70. The van der Waals surface area contributed by atoms with Gasteiger partial charge in [0.15, 0.2) is 0 Å². The highest BCUT2D eigenvalue weighted by Crippen LogP contribution is 2.30. The van der Waals surface area contributed by atoms with Crippen LogP contribution >= 0.6 is 0 Å². The van der Waals surface area contributed by atoms with Gasteiger partial charge in [-0.1, -0.05) is 33.1 Å². The zero-order chi connectivity index (χ0) is 19.2. The van der Waals surface area contributed by atoms with Crippen LogP contribution in [0.25, 0.3) is 0 Å². The minimum atomic E-state index is -1.10. The first-order valence-electron chi connectivity index (χ1n) is 9.42. The zero-order valence-electron chi connectivity index (χ0n) is 16.3. The van der Waals surface area contributed by atoms with Crippen molar-refractivity contribution in [3.05, 3.63) is 0 Å². The lowest BCUT2D eigenvalue weighted by molar-refractivity contribution is -0.140. The van der Waals surface area contributed by atoms with Crippen molar-refractivity contribution in [2.45, 2.75) is 103 Å². The Hall–Kier alpha value is -1.30. The fourth-order valence-electron chi connectivity index (χ4n) is 3.48. The Morgan fingerprint density at radius 1 is 1.16 bits per heavy atom. The van der Waals surface area contributed by atoms with Gasteiger partial charge in [-0.3, -0.25) is 9.69 Å². The van der Waals surface area contributed by atoms with E-state index in [9.17, 15) is 14.7 Å². The Labute approximate surface area is 151 Å². The lowest BCUT2D eigenvalue weighted by atomic mass is 9.89. The molecule has 2 N–H and O–H groups in total. The summed E-state index contributed by atoms with van der Waals surface area (Å²) in [5.41, 5.74) is -0.635. The molecule has 6 nitrogen and oxygen atoms in total. The Morgan fingerprint density at radius 3 is 2.16 bits per heavy atom. The number of aliphatic hydroxyl groups excluding tert-OH is 1. The van der Waals surface area contributed by atoms with E-state index in [4.69, 9.17) is 9.84 Å². The summed E-state index contributed by atoms with van der Waals surface area (Å²) in [4.78, 5) is 25.7. The van der Waals surface area contributed by atoms with E-state index in [0.717, 1.165) is 32.1 Å². The van der Waals surface area contributed by atoms with Crippen molar-refractivity contribution in [2.24, 2.45) is 5.92 Å². The van der Waals surface area contributed by atoms with E-state index in [0.29, 0.717) is 6.42 Å². The summed E-state index contributed by atoms with van der Waals surface area (Å²) >= 11 is 0. The first kappa shape index (κ1) is 21.7. The van der Waals surface area contributed by atoms with Crippen LogP contribution in [-0.2, 0) is 9.53 Å². The maximum atomic E-state index is 12.9. The Balaban J connectivity index is 3.11. The van der Waals surface area contributed by atoms with Gasteiger partial charge in [-0.25, -0.2) is 4.79 Å². The number of nitrogens with zero attached hydrogens (tertiary/aromatic N) is 1. The van der Waals surface area contributed by atoms with E-state index in [2.05, 4.69) is 0 Å². The second-order valence-electron chi connectivity index (χ2n) is 8.54. The predicted octanol–water partition coefficient (Wildman–Crippen LogP) is 3.81. The minimum absolute atomic E-state index is 0.00389. The van der Waals surface area contributed by atoms with E-state index in [1.54, 1.807) is 4.90 Å². The third kappa shape index (κ3) is 7.63. The molecule has 2 atom stereocenters. The molecule has 0 radical (unpaired) electrons. The lowest BCUT2D eigenvalue weighted by Gasteiger charge is -2.42. The zero-order valence-corrected chi connectivity index (χ0v) is 16.3. The molecule has 146 valence electrons. The number of amides is 1. The lowest BCUT2D eigenvalue weighted by Crippen LogP contribution is -2.54. The molecule has 1 saturated carbocycles. The van der Waals surface area contributed by atoms with Gasteiger partial charge in [-0.05, 0) is 46.0 Å². The molecule has 0 saturated heterocycles. The summed E-state index contributed by atoms with van der Waals surface area (Å²) in [6.07, 6.45) is 3.57. The summed E-state index contributed by atoms with van der Waals surface area (Å²) in [5.74, 6) is -0.837. The van der Waals surface area contributed by atoms with E-state index in [1.165, 1.54) is 0 Å². The quantitative estimate of drug-likeness (QED) is 0.723. The van der Waals surface area contributed by atoms with Crippen LogP contribution in [0.1, 0.15) is 79.6 Å².